The number of hydrogen-bond acceptors (Lipinski definition) is 6. The number of ketones is 1. The van der Waals surface area contributed by atoms with Crippen LogP contribution >= 0.6 is 0 Å². The van der Waals surface area contributed by atoms with Crippen molar-refractivity contribution in [2.75, 3.05) is 20.3 Å². The van der Waals surface area contributed by atoms with Gasteiger partial charge in [-0.3, -0.25) is 4.79 Å². The lowest BCUT2D eigenvalue weighted by atomic mass is 9.83. The lowest BCUT2D eigenvalue weighted by Gasteiger charge is -2.30. The Bertz CT molecular complexity index is 759. The van der Waals surface area contributed by atoms with E-state index in [0.717, 1.165) is 5.69 Å². The monoisotopic (exact) mass is 372 g/mol. The molecule has 0 aliphatic heterocycles. The third-order valence-corrected chi connectivity index (χ3v) is 4.65. The third-order valence-electron chi connectivity index (χ3n) is 4.65. The summed E-state index contributed by atoms with van der Waals surface area (Å²) in [6.45, 7) is 1.21. The fourth-order valence-electron chi connectivity index (χ4n) is 3.26. The second kappa shape index (κ2) is 9.43. The molecule has 1 heterocycles. The highest BCUT2D eigenvalue weighted by Crippen LogP contribution is 2.34. The molecule has 27 heavy (non-hydrogen) atoms. The van der Waals surface area contributed by atoms with Crippen LogP contribution < -0.4 is 0 Å². The van der Waals surface area contributed by atoms with Crippen molar-refractivity contribution in [2.45, 2.75) is 38.0 Å². The van der Waals surface area contributed by atoms with Gasteiger partial charge in [0.05, 0.1) is 18.8 Å². The van der Waals surface area contributed by atoms with E-state index < -0.39 is 0 Å². The number of esters is 1. The Morgan fingerprint density at radius 1 is 1.22 bits per heavy atom. The van der Waals surface area contributed by atoms with Gasteiger partial charge in [-0.05, 0) is 24.6 Å². The Morgan fingerprint density at radius 2 is 2.04 bits per heavy atom. The summed E-state index contributed by atoms with van der Waals surface area (Å²) in [5.74, 6) is -0.435. The van der Waals surface area contributed by atoms with E-state index in [0.29, 0.717) is 38.0 Å². The normalized spacial score (nSPS) is 19.8. The molecule has 0 amide bonds. The van der Waals surface area contributed by atoms with E-state index >= 15 is 0 Å². The third kappa shape index (κ3) is 5.02. The highest BCUT2D eigenvalue weighted by atomic mass is 16.5. The van der Waals surface area contributed by atoms with E-state index in [1.54, 1.807) is 42.3 Å². The molecule has 1 aliphatic rings. The van der Waals surface area contributed by atoms with Gasteiger partial charge in [0, 0.05) is 37.8 Å². The molecule has 144 valence electrons. The largest absolute Gasteiger partial charge is 0.458 e. The number of carbonyl (C=O) groups excluding carboxylic acids is 2. The molecule has 0 unspecified atom stereocenters. The van der Waals surface area contributed by atoms with Crippen LogP contribution in [0.1, 0.15) is 41.2 Å². The van der Waals surface area contributed by atoms with E-state index in [2.05, 4.69) is 5.10 Å². The molecule has 1 aromatic heterocycles. The molecule has 1 fully saturated rings. The van der Waals surface area contributed by atoms with Crippen molar-refractivity contribution in [3.05, 3.63) is 53.9 Å². The Balaban J connectivity index is 1.72. The SMILES string of the molecule is COCCOCn1nccc1[C@H]1CC(=O)CC[C@@H]1OC(=O)c1ccccc1. The van der Waals surface area contributed by atoms with E-state index in [1.807, 2.05) is 12.1 Å². The average Bonchev–Trinajstić information content (AvgIpc) is 3.15. The van der Waals surface area contributed by atoms with Gasteiger partial charge >= 0.3 is 5.97 Å². The second-order valence-corrected chi connectivity index (χ2v) is 6.48. The molecule has 1 aromatic carbocycles. The zero-order valence-electron chi connectivity index (χ0n) is 15.4. The molecular formula is C20H24N2O5. The van der Waals surface area contributed by atoms with Crippen LogP contribution in [-0.4, -0.2) is 48.0 Å². The van der Waals surface area contributed by atoms with Crippen LogP contribution in [0.2, 0.25) is 0 Å². The maximum absolute atomic E-state index is 12.5. The number of nitrogens with zero attached hydrogens (tertiary/aromatic N) is 2. The maximum atomic E-state index is 12.5. The van der Waals surface area contributed by atoms with Gasteiger partial charge in [0.2, 0.25) is 0 Å². The second-order valence-electron chi connectivity index (χ2n) is 6.48. The first-order chi connectivity index (χ1) is 13.2. The molecule has 7 heteroatoms. The molecule has 7 nitrogen and oxygen atoms in total. The van der Waals surface area contributed by atoms with Gasteiger partial charge in [0.15, 0.2) is 0 Å². The maximum Gasteiger partial charge on any atom is 0.338 e. The lowest BCUT2D eigenvalue weighted by molar-refractivity contribution is -0.123. The number of aromatic nitrogens is 2. The highest BCUT2D eigenvalue weighted by Gasteiger charge is 2.35. The van der Waals surface area contributed by atoms with Crippen LogP contribution in [0.15, 0.2) is 42.6 Å². The molecule has 0 radical (unpaired) electrons. The van der Waals surface area contributed by atoms with Crippen molar-refractivity contribution in [3.63, 3.8) is 0 Å². The van der Waals surface area contributed by atoms with Crippen LogP contribution in [0.5, 0.6) is 0 Å². The number of methoxy groups -OCH3 is 1. The lowest BCUT2D eigenvalue weighted by Crippen LogP contribution is -2.33. The Labute approximate surface area is 158 Å². The van der Waals surface area contributed by atoms with E-state index in [4.69, 9.17) is 14.2 Å². The summed E-state index contributed by atoms with van der Waals surface area (Å²) in [5, 5.41) is 4.28. The Hall–Kier alpha value is -2.51. The van der Waals surface area contributed by atoms with Crippen molar-refractivity contribution in [1.29, 1.82) is 0 Å². The zero-order chi connectivity index (χ0) is 19.1. The summed E-state index contributed by atoms with van der Waals surface area (Å²) in [7, 11) is 1.61. The fraction of sp³-hybridized carbons (Fsp3) is 0.450. The Kier molecular flexibility index (Phi) is 6.73. The highest BCUT2D eigenvalue weighted by molar-refractivity contribution is 5.89. The van der Waals surface area contributed by atoms with Gasteiger partial charge in [-0.1, -0.05) is 18.2 Å². The number of Topliss-reactive ketones (excluding diaryl/α,β-unsaturated/α-hetero) is 1. The van der Waals surface area contributed by atoms with Crippen molar-refractivity contribution >= 4 is 11.8 Å². The summed E-state index contributed by atoms with van der Waals surface area (Å²) in [5.41, 5.74) is 1.34. The summed E-state index contributed by atoms with van der Waals surface area (Å²) < 4.78 is 18.0. The number of benzene rings is 1. The van der Waals surface area contributed by atoms with Crippen molar-refractivity contribution in [3.8, 4) is 0 Å². The molecule has 0 spiro atoms. The standard InChI is InChI=1S/C20H24N2O5/c1-25-11-12-26-14-22-18(9-10-21-22)17-13-16(23)7-8-19(17)27-20(24)15-5-3-2-4-6-15/h2-6,9-10,17,19H,7-8,11-14H2,1H3/t17-,19+/m1/s1. The van der Waals surface area contributed by atoms with Gasteiger partial charge in [-0.2, -0.15) is 5.10 Å². The number of rotatable bonds is 8. The number of hydrogen-bond donors (Lipinski definition) is 0. The van der Waals surface area contributed by atoms with E-state index in [-0.39, 0.29) is 30.5 Å². The van der Waals surface area contributed by atoms with Crippen LogP contribution in [0.3, 0.4) is 0 Å². The molecule has 0 bridgehead atoms. The molecule has 0 saturated heterocycles. The van der Waals surface area contributed by atoms with E-state index in [1.165, 1.54) is 0 Å². The minimum Gasteiger partial charge on any atom is -0.458 e. The minimum atomic E-state index is -0.373. The summed E-state index contributed by atoms with van der Waals surface area (Å²) in [6.07, 6.45) is 2.56. The predicted octanol–water partition coefficient (Wildman–Crippen LogP) is 2.57. The quantitative estimate of drug-likeness (QED) is 0.523. The average molecular weight is 372 g/mol. The van der Waals surface area contributed by atoms with Gasteiger partial charge in [-0.25, -0.2) is 9.48 Å². The van der Waals surface area contributed by atoms with Gasteiger partial charge in [-0.15, -0.1) is 0 Å². The topological polar surface area (TPSA) is 79.7 Å². The first kappa shape index (κ1) is 19.3. The molecule has 3 rings (SSSR count). The summed E-state index contributed by atoms with van der Waals surface area (Å²) >= 11 is 0. The molecular weight excluding hydrogens is 348 g/mol. The van der Waals surface area contributed by atoms with Gasteiger partial charge in [0.1, 0.15) is 18.6 Å². The smallest absolute Gasteiger partial charge is 0.338 e. The summed E-state index contributed by atoms with van der Waals surface area (Å²) in [4.78, 5) is 24.5. The van der Waals surface area contributed by atoms with Crippen LogP contribution in [0, 0.1) is 0 Å². The van der Waals surface area contributed by atoms with Gasteiger partial charge in [0.25, 0.3) is 0 Å². The molecule has 2 atom stereocenters. The van der Waals surface area contributed by atoms with Gasteiger partial charge < -0.3 is 14.2 Å². The van der Waals surface area contributed by atoms with Crippen molar-refractivity contribution in [1.82, 2.24) is 9.78 Å². The fourth-order valence-corrected chi connectivity index (χ4v) is 3.26. The minimum absolute atomic E-state index is 0.167. The Morgan fingerprint density at radius 3 is 2.81 bits per heavy atom. The number of ether oxygens (including phenoxy) is 3. The van der Waals surface area contributed by atoms with Crippen LogP contribution in [0.4, 0.5) is 0 Å². The molecule has 1 saturated carbocycles. The van der Waals surface area contributed by atoms with Crippen molar-refractivity contribution < 1.29 is 23.8 Å². The summed E-state index contributed by atoms with van der Waals surface area (Å²) in [6, 6.07) is 10.7. The van der Waals surface area contributed by atoms with Crippen LogP contribution in [0.25, 0.3) is 0 Å². The van der Waals surface area contributed by atoms with Crippen molar-refractivity contribution in [2.24, 2.45) is 0 Å². The molecule has 0 N–H and O–H groups in total. The molecule has 1 aliphatic carbocycles. The number of carbonyl (C=O) groups is 2. The first-order valence-corrected chi connectivity index (χ1v) is 9.05. The zero-order valence-corrected chi connectivity index (χ0v) is 15.4. The van der Waals surface area contributed by atoms with Crippen LogP contribution in [-0.2, 0) is 25.7 Å². The first-order valence-electron chi connectivity index (χ1n) is 9.05. The predicted molar refractivity (Wildman–Crippen MR) is 97.3 cm³/mol. The molecule has 2 aromatic rings. The van der Waals surface area contributed by atoms with E-state index in [9.17, 15) is 9.59 Å².